The van der Waals surface area contributed by atoms with E-state index in [0.29, 0.717) is 25.1 Å². The molecule has 0 aliphatic carbocycles. The first-order valence-electron chi connectivity index (χ1n) is 12.1. The standard InChI is InChI=1S/C23H28BrN3O3.C4H10.CH3NO/c1-23(16-29,20-6-4-5-7-21(20)25-2)10-11-26-22(30)14-27(3)13-18-12-19(24)9-8-17(18)15-28;1-4(2)3;2-1-3/h4-9,12,15-16,25H,10-11,13-14H2,1-3H3,(H,26,30);4H,1-3H3;1H,(H2,2,3)/t23-;;/m0../s1. The van der Waals surface area contributed by atoms with Gasteiger partial charge in [0.15, 0.2) is 0 Å². The highest BCUT2D eigenvalue weighted by atomic mass is 79.9. The van der Waals surface area contributed by atoms with Crippen molar-refractivity contribution in [1.82, 2.24) is 10.2 Å². The fraction of sp³-hybridized carbons (Fsp3) is 0.429. The highest BCUT2D eigenvalue weighted by molar-refractivity contribution is 9.10. The van der Waals surface area contributed by atoms with Crippen LogP contribution in [0.25, 0.3) is 0 Å². The maximum Gasteiger partial charge on any atom is 0.234 e. The van der Waals surface area contributed by atoms with Gasteiger partial charge in [0, 0.05) is 35.9 Å². The molecule has 8 nitrogen and oxygen atoms in total. The van der Waals surface area contributed by atoms with Gasteiger partial charge in [-0.15, -0.1) is 0 Å². The van der Waals surface area contributed by atoms with E-state index in [9.17, 15) is 14.4 Å². The molecule has 37 heavy (non-hydrogen) atoms. The number of likely N-dealkylation sites (N-methyl/N-ethyl adjacent to an activating group) is 1. The zero-order chi connectivity index (χ0) is 28.4. The van der Waals surface area contributed by atoms with Crippen LogP contribution in [0.1, 0.15) is 55.6 Å². The number of aldehydes is 2. The molecule has 0 saturated heterocycles. The van der Waals surface area contributed by atoms with Gasteiger partial charge in [0.25, 0.3) is 0 Å². The summed E-state index contributed by atoms with van der Waals surface area (Å²) in [4.78, 5) is 45.9. The Kier molecular flexibility index (Phi) is 16.7. The van der Waals surface area contributed by atoms with E-state index < -0.39 is 5.41 Å². The molecule has 2 amide bonds. The molecule has 4 N–H and O–H groups in total. The zero-order valence-electron chi connectivity index (χ0n) is 22.7. The number of carbonyl (C=O) groups excluding carboxylic acids is 4. The second-order valence-corrected chi connectivity index (χ2v) is 10.3. The van der Waals surface area contributed by atoms with Gasteiger partial charge in [0.1, 0.15) is 12.6 Å². The third-order valence-corrected chi connectivity index (χ3v) is 5.62. The first-order valence-corrected chi connectivity index (χ1v) is 12.8. The van der Waals surface area contributed by atoms with Gasteiger partial charge >= 0.3 is 0 Å². The van der Waals surface area contributed by atoms with Crippen molar-refractivity contribution in [3.8, 4) is 0 Å². The summed E-state index contributed by atoms with van der Waals surface area (Å²) < 4.78 is 0.885. The molecule has 2 aromatic carbocycles. The lowest BCUT2D eigenvalue weighted by Crippen LogP contribution is -2.38. The fourth-order valence-corrected chi connectivity index (χ4v) is 3.80. The van der Waals surface area contributed by atoms with Gasteiger partial charge in [-0.3, -0.25) is 19.3 Å². The highest BCUT2D eigenvalue weighted by Gasteiger charge is 2.28. The summed E-state index contributed by atoms with van der Waals surface area (Å²) in [6, 6.07) is 13.1. The van der Waals surface area contributed by atoms with Gasteiger partial charge in [-0.2, -0.15) is 0 Å². The third-order valence-electron chi connectivity index (χ3n) is 5.12. The molecule has 0 saturated carbocycles. The van der Waals surface area contributed by atoms with Gasteiger partial charge < -0.3 is 21.2 Å². The second kappa shape index (κ2) is 18.2. The summed E-state index contributed by atoms with van der Waals surface area (Å²) >= 11 is 3.41. The maximum atomic E-state index is 12.4. The van der Waals surface area contributed by atoms with E-state index in [-0.39, 0.29) is 18.9 Å². The largest absolute Gasteiger partial charge is 0.388 e. The van der Waals surface area contributed by atoms with Crippen molar-refractivity contribution in [2.75, 3.05) is 32.5 Å². The lowest BCUT2D eigenvalue weighted by Gasteiger charge is -2.26. The molecule has 0 aliphatic rings. The predicted octanol–water partition coefficient (Wildman–Crippen LogP) is 4.16. The minimum absolute atomic E-state index is 0.129. The molecule has 2 aromatic rings. The van der Waals surface area contributed by atoms with Crippen LogP contribution >= 0.6 is 15.9 Å². The van der Waals surface area contributed by atoms with Crippen molar-refractivity contribution in [2.24, 2.45) is 11.7 Å². The van der Waals surface area contributed by atoms with Crippen molar-refractivity contribution >= 4 is 46.5 Å². The summed E-state index contributed by atoms with van der Waals surface area (Å²) in [5.74, 6) is 0.704. The van der Waals surface area contributed by atoms with Crippen molar-refractivity contribution < 1.29 is 19.2 Å². The number of benzene rings is 2. The van der Waals surface area contributed by atoms with E-state index in [0.717, 1.165) is 39.8 Å². The number of nitrogens with two attached hydrogens (primary N) is 1. The number of primary amides is 1. The minimum atomic E-state index is -0.700. The van der Waals surface area contributed by atoms with Gasteiger partial charge in [0.05, 0.1) is 12.0 Å². The van der Waals surface area contributed by atoms with Crippen molar-refractivity contribution in [2.45, 2.75) is 46.1 Å². The highest BCUT2D eigenvalue weighted by Crippen LogP contribution is 2.31. The van der Waals surface area contributed by atoms with Gasteiger partial charge in [-0.25, -0.2) is 0 Å². The zero-order valence-corrected chi connectivity index (χ0v) is 24.3. The fourth-order valence-electron chi connectivity index (χ4n) is 3.39. The number of nitrogens with zero attached hydrogens (tertiary/aromatic N) is 1. The van der Waals surface area contributed by atoms with Crippen molar-refractivity contribution in [3.63, 3.8) is 0 Å². The number of para-hydroxylation sites is 1. The number of rotatable bonds is 11. The Balaban J connectivity index is 0.00000165. The Morgan fingerprint density at radius 1 is 1.14 bits per heavy atom. The topological polar surface area (TPSA) is 122 Å². The van der Waals surface area contributed by atoms with E-state index in [2.05, 4.69) is 53.1 Å². The lowest BCUT2D eigenvalue weighted by atomic mass is 9.80. The van der Waals surface area contributed by atoms with E-state index >= 15 is 0 Å². The van der Waals surface area contributed by atoms with Crippen LogP contribution in [0.5, 0.6) is 0 Å². The molecule has 2 rings (SSSR count). The molecule has 9 heteroatoms. The first kappa shape index (κ1) is 34.0. The van der Waals surface area contributed by atoms with E-state index in [1.54, 1.807) is 6.07 Å². The number of hydrogen-bond acceptors (Lipinski definition) is 6. The SMILES string of the molecule is CC(C)C.CNc1ccccc1[C@](C)(C=O)CCNC(=O)CN(C)Cc1cc(Br)ccc1C=O.NC=O. The third kappa shape index (κ3) is 13.2. The summed E-state index contributed by atoms with van der Waals surface area (Å²) in [5.41, 5.74) is 6.74. The average molecular weight is 578 g/mol. The van der Waals surface area contributed by atoms with Crippen molar-refractivity contribution in [1.29, 1.82) is 0 Å². The second-order valence-electron chi connectivity index (χ2n) is 9.43. The molecule has 0 unspecified atom stereocenters. The molecule has 0 heterocycles. The summed E-state index contributed by atoms with van der Waals surface area (Å²) in [7, 11) is 3.65. The quantitative estimate of drug-likeness (QED) is 0.345. The molecule has 0 aromatic heterocycles. The van der Waals surface area contributed by atoms with Crippen LogP contribution in [0, 0.1) is 5.92 Å². The van der Waals surface area contributed by atoms with Crippen LogP contribution in [0.3, 0.4) is 0 Å². The molecular weight excluding hydrogens is 536 g/mol. The van der Waals surface area contributed by atoms with Crippen LogP contribution in [-0.2, 0) is 26.3 Å². The smallest absolute Gasteiger partial charge is 0.234 e. The maximum absolute atomic E-state index is 12.4. The molecule has 0 spiro atoms. The van der Waals surface area contributed by atoms with Crippen molar-refractivity contribution in [3.05, 3.63) is 63.6 Å². The Morgan fingerprint density at radius 2 is 1.73 bits per heavy atom. The predicted molar refractivity (Wildman–Crippen MR) is 154 cm³/mol. The first-order chi connectivity index (χ1) is 17.5. The molecular formula is C28H41BrN4O4. The number of hydrogen-bond donors (Lipinski definition) is 3. The number of nitrogens with one attached hydrogen (secondary N) is 2. The van der Waals surface area contributed by atoms with Crippen LogP contribution in [0.15, 0.2) is 46.9 Å². The Hall–Kier alpha value is -3.04. The van der Waals surface area contributed by atoms with Crippen LogP contribution < -0.4 is 16.4 Å². The molecule has 1 atom stereocenters. The van der Waals surface area contributed by atoms with E-state index in [1.807, 2.05) is 62.3 Å². The number of amides is 2. The summed E-state index contributed by atoms with van der Waals surface area (Å²) in [5, 5.41) is 6.01. The van der Waals surface area contributed by atoms with Gasteiger partial charge in [-0.1, -0.05) is 61.0 Å². The number of halogens is 1. The average Bonchev–Trinajstić information content (AvgIpc) is 2.84. The van der Waals surface area contributed by atoms with Crippen LogP contribution in [-0.4, -0.2) is 57.0 Å². The normalized spacial score (nSPS) is 11.7. The summed E-state index contributed by atoms with van der Waals surface area (Å²) in [6.07, 6.45) is 2.50. The number of anilines is 1. The minimum Gasteiger partial charge on any atom is -0.388 e. The Bertz CT molecular complexity index is 997. The van der Waals surface area contributed by atoms with E-state index in [1.165, 1.54) is 0 Å². The monoisotopic (exact) mass is 576 g/mol. The summed E-state index contributed by atoms with van der Waals surface area (Å²) in [6.45, 7) is 9.43. The Labute approximate surface area is 229 Å². The van der Waals surface area contributed by atoms with Crippen LogP contribution in [0.2, 0.25) is 0 Å². The van der Waals surface area contributed by atoms with E-state index in [4.69, 9.17) is 4.79 Å². The Morgan fingerprint density at radius 3 is 2.27 bits per heavy atom. The van der Waals surface area contributed by atoms with Gasteiger partial charge in [0.2, 0.25) is 12.3 Å². The lowest BCUT2D eigenvalue weighted by molar-refractivity contribution is -0.122. The molecule has 0 fully saturated rings. The molecule has 0 radical (unpaired) electrons. The van der Waals surface area contributed by atoms with Crippen LogP contribution in [0.4, 0.5) is 5.69 Å². The molecule has 204 valence electrons. The molecule has 0 aliphatic heterocycles. The van der Waals surface area contributed by atoms with Gasteiger partial charge in [-0.05, 0) is 55.6 Å². The molecule has 0 bridgehead atoms. The number of carbonyl (C=O) groups is 4.